The number of nitrogens with one attached hydrogen (secondary N) is 1. The van der Waals surface area contributed by atoms with E-state index in [1.54, 1.807) is 28.8 Å². The summed E-state index contributed by atoms with van der Waals surface area (Å²) in [5.74, 6) is -0.121. The van der Waals surface area contributed by atoms with Crippen molar-refractivity contribution in [2.45, 2.75) is 18.9 Å². The quantitative estimate of drug-likeness (QED) is 0.693. The molecule has 0 saturated carbocycles. The van der Waals surface area contributed by atoms with Gasteiger partial charge in [0.1, 0.15) is 5.82 Å². The lowest BCUT2D eigenvalue weighted by Crippen LogP contribution is -2.50. The maximum Gasteiger partial charge on any atom is 0.321 e. The Hall–Kier alpha value is -3.41. The van der Waals surface area contributed by atoms with Crippen LogP contribution < -0.4 is 10.9 Å². The number of hydrogen-bond donors (Lipinski definition) is 1. The van der Waals surface area contributed by atoms with Gasteiger partial charge in [0, 0.05) is 54.1 Å². The molecule has 3 aromatic rings. The van der Waals surface area contributed by atoms with Gasteiger partial charge < -0.3 is 14.8 Å². The zero-order valence-corrected chi connectivity index (χ0v) is 16.4. The summed E-state index contributed by atoms with van der Waals surface area (Å²) in [5, 5.41) is 2.95. The van der Waals surface area contributed by atoms with E-state index in [2.05, 4.69) is 5.32 Å². The minimum absolute atomic E-state index is 0.0115. The van der Waals surface area contributed by atoms with Crippen molar-refractivity contribution in [1.82, 2.24) is 9.47 Å². The number of aromatic nitrogens is 1. The van der Waals surface area contributed by atoms with E-state index in [4.69, 9.17) is 0 Å². The highest BCUT2D eigenvalue weighted by Crippen LogP contribution is 2.40. The van der Waals surface area contributed by atoms with E-state index in [0.717, 1.165) is 23.4 Å². The fourth-order valence-electron chi connectivity index (χ4n) is 4.81. The Balaban J connectivity index is 1.49. The van der Waals surface area contributed by atoms with Crippen LogP contribution >= 0.6 is 0 Å². The van der Waals surface area contributed by atoms with Crippen molar-refractivity contribution < 1.29 is 9.18 Å². The molecule has 2 aliphatic heterocycles. The van der Waals surface area contributed by atoms with Crippen molar-refractivity contribution >= 4 is 11.7 Å². The first kappa shape index (κ1) is 18.6. The Morgan fingerprint density at radius 2 is 1.67 bits per heavy atom. The van der Waals surface area contributed by atoms with Crippen LogP contribution in [0.5, 0.6) is 0 Å². The number of likely N-dealkylation sites (tertiary alicyclic amines) is 1. The van der Waals surface area contributed by atoms with E-state index < -0.39 is 0 Å². The molecule has 0 aliphatic carbocycles. The molecule has 1 fully saturated rings. The Bertz CT molecular complexity index is 1160. The van der Waals surface area contributed by atoms with Crippen LogP contribution in [0.15, 0.2) is 71.5 Å². The summed E-state index contributed by atoms with van der Waals surface area (Å²) in [6.45, 7) is 1.65. The van der Waals surface area contributed by atoms with Crippen molar-refractivity contribution in [3.8, 4) is 11.1 Å². The van der Waals surface area contributed by atoms with Crippen molar-refractivity contribution in [3.63, 3.8) is 0 Å². The van der Waals surface area contributed by atoms with Crippen LogP contribution in [0.2, 0.25) is 0 Å². The van der Waals surface area contributed by atoms with Crippen LogP contribution in [0.25, 0.3) is 11.1 Å². The number of urea groups is 1. The first-order chi connectivity index (χ1) is 14.6. The third-order valence-electron chi connectivity index (χ3n) is 6.07. The Kier molecular flexibility index (Phi) is 4.62. The Morgan fingerprint density at radius 1 is 0.900 bits per heavy atom. The van der Waals surface area contributed by atoms with E-state index in [-0.39, 0.29) is 29.2 Å². The molecule has 6 heteroatoms. The summed E-state index contributed by atoms with van der Waals surface area (Å²) in [5.41, 5.74) is 2.75. The van der Waals surface area contributed by atoms with Gasteiger partial charge in [-0.25, -0.2) is 9.18 Å². The van der Waals surface area contributed by atoms with Gasteiger partial charge in [-0.3, -0.25) is 4.79 Å². The number of piperidine rings is 1. The van der Waals surface area contributed by atoms with Crippen LogP contribution in [0, 0.1) is 11.7 Å². The van der Waals surface area contributed by atoms with Crippen LogP contribution in [-0.4, -0.2) is 28.6 Å². The maximum absolute atomic E-state index is 14.6. The monoisotopic (exact) mass is 403 g/mol. The van der Waals surface area contributed by atoms with E-state index in [1.807, 2.05) is 35.2 Å². The number of anilines is 1. The first-order valence-electron chi connectivity index (χ1n) is 10.2. The third kappa shape index (κ3) is 3.28. The highest BCUT2D eigenvalue weighted by Gasteiger charge is 2.38. The normalized spacial score (nSPS) is 19.8. The molecule has 0 unspecified atom stereocenters. The van der Waals surface area contributed by atoms with Gasteiger partial charge in [0.2, 0.25) is 0 Å². The number of amides is 2. The van der Waals surface area contributed by atoms with E-state index in [9.17, 15) is 14.0 Å². The van der Waals surface area contributed by atoms with E-state index >= 15 is 0 Å². The molecule has 1 N–H and O–H groups in total. The molecule has 2 aromatic carbocycles. The fourth-order valence-corrected chi connectivity index (χ4v) is 4.81. The summed E-state index contributed by atoms with van der Waals surface area (Å²) in [4.78, 5) is 27.3. The van der Waals surface area contributed by atoms with Crippen molar-refractivity contribution in [1.29, 1.82) is 0 Å². The van der Waals surface area contributed by atoms with Gasteiger partial charge in [-0.1, -0.05) is 36.4 Å². The van der Waals surface area contributed by atoms with Gasteiger partial charge in [-0.05, 0) is 36.6 Å². The predicted octanol–water partition coefficient (Wildman–Crippen LogP) is 4.31. The molecule has 2 bridgehead atoms. The lowest BCUT2D eigenvalue weighted by Gasteiger charge is -2.43. The minimum Gasteiger partial charge on any atom is -0.324 e. The SMILES string of the molecule is O=C(Nc1ccccc1)N1C[C@H]2C[C@H](C1)c1c(-c3ccccc3F)ccc(=O)n1C2. The molecular formula is C24H22FN3O2. The molecule has 2 atom stereocenters. The largest absolute Gasteiger partial charge is 0.324 e. The van der Waals surface area contributed by atoms with Gasteiger partial charge in [-0.2, -0.15) is 0 Å². The van der Waals surface area contributed by atoms with Crippen LogP contribution in [0.4, 0.5) is 14.9 Å². The number of hydrogen-bond acceptors (Lipinski definition) is 2. The van der Waals surface area contributed by atoms with Crippen molar-refractivity contribution in [3.05, 3.63) is 88.6 Å². The molecule has 2 amide bonds. The second-order valence-corrected chi connectivity index (χ2v) is 8.06. The van der Waals surface area contributed by atoms with Gasteiger partial charge in [-0.15, -0.1) is 0 Å². The molecule has 2 aliphatic rings. The standard InChI is InChI=1S/C24H22FN3O2/c25-21-9-5-4-8-19(21)20-10-11-22(29)28-14-16-12-17(23(20)28)15-27(13-16)24(30)26-18-6-2-1-3-7-18/h1-11,16-17H,12-15H2,(H,26,30)/t16-,17-/m1/s1. The molecule has 1 saturated heterocycles. The minimum atomic E-state index is -0.310. The van der Waals surface area contributed by atoms with Crippen LogP contribution in [-0.2, 0) is 6.54 Å². The molecule has 0 radical (unpaired) electrons. The second-order valence-electron chi connectivity index (χ2n) is 8.06. The molecule has 30 heavy (non-hydrogen) atoms. The van der Waals surface area contributed by atoms with E-state index in [0.29, 0.717) is 25.2 Å². The molecule has 0 spiro atoms. The number of pyridine rings is 1. The zero-order valence-electron chi connectivity index (χ0n) is 16.4. The fraction of sp³-hybridized carbons (Fsp3) is 0.250. The summed E-state index contributed by atoms with van der Waals surface area (Å²) < 4.78 is 16.3. The summed E-state index contributed by atoms with van der Waals surface area (Å²) in [6, 6.07) is 19.1. The summed E-state index contributed by atoms with van der Waals surface area (Å²) in [7, 11) is 0. The lowest BCUT2D eigenvalue weighted by molar-refractivity contribution is 0.140. The van der Waals surface area contributed by atoms with Gasteiger partial charge >= 0.3 is 6.03 Å². The molecular weight excluding hydrogens is 381 g/mol. The maximum atomic E-state index is 14.6. The number of fused-ring (bicyclic) bond motifs is 4. The van der Waals surface area contributed by atoms with Crippen LogP contribution in [0.1, 0.15) is 18.0 Å². The van der Waals surface area contributed by atoms with Gasteiger partial charge in [0.05, 0.1) is 0 Å². The molecule has 5 rings (SSSR count). The van der Waals surface area contributed by atoms with E-state index in [1.165, 1.54) is 12.1 Å². The van der Waals surface area contributed by atoms with Gasteiger partial charge in [0.25, 0.3) is 5.56 Å². The second kappa shape index (κ2) is 7.44. The van der Waals surface area contributed by atoms with Crippen molar-refractivity contribution in [2.24, 2.45) is 5.92 Å². The predicted molar refractivity (Wildman–Crippen MR) is 114 cm³/mol. The molecule has 1 aromatic heterocycles. The number of para-hydroxylation sites is 1. The highest BCUT2D eigenvalue weighted by atomic mass is 19.1. The highest BCUT2D eigenvalue weighted by molar-refractivity contribution is 5.89. The summed E-state index contributed by atoms with van der Waals surface area (Å²) >= 11 is 0. The van der Waals surface area contributed by atoms with Crippen LogP contribution in [0.3, 0.4) is 0 Å². The topological polar surface area (TPSA) is 54.3 Å². The molecule has 3 heterocycles. The number of benzene rings is 2. The number of rotatable bonds is 2. The Labute approximate surface area is 173 Å². The Morgan fingerprint density at radius 3 is 2.47 bits per heavy atom. The molecule has 5 nitrogen and oxygen atoms in total. The van der Waals surface area contributed by atoms with Crippen molar-refractivity contribution in [2.75, 3.05) is 18.4 Å². The average Bonchev–Trinajstić information content (AvgIpc) is 2.75. The third-order valence-corrected chi connectivity index (χ3v) is 6.07. The molecule has 152 valence electrons. The number of halogens is 1. The first-order valence-corrected chi connectivity index (χ1v) is 10.2. The zero-order chi connectivity index (χ0) is 20.7. The number of nitrogens with zero attached hydrogens (tertiary/aromatic N) is 2. The average molecular weight is 403 g/mol. The van der Waals surface area contributed by atoms with Gasteiger partial charge in [0.15, 0.2) is 0 Å². The number of carbonyl (C=O) groups excluding carboxylic acids is 1. The lowest BCUT2D eigenvalue weighted by atomic mass is 9.80. The smallest absolute Gasteiger partial charge is 0.321 e. The number of carbonyl (C=O) groups is 1. The summed E-state index contributed by atoms with van der Waals surface area (Å²) in [6.07, 6.45) is 0.889.